The molecule has 3 rings (SSSR count). The number of hydrogen-bond acceptors (Lipinski definition) is 4. The molecule has 2 amide bonds. The monoisotopic (exact) mass is 381 g/mol. The van der Waals surface area contributed by atoms with E-state index in [4.69, 9.17) is 5.11 Å². The average Bonchev–Trinajstić information content (AvgIpc) is 2.74. The summed E-state index contributed by atoms with van der Waals surface area (Å²) in [6.45, 7) is 0. The first-order chi connectivity index (χ1) is 13.5. The van der Waals surface area contributed by atoms with Crippen LogP contribution in [0.2, 0.25) is 0 Å². The maximum Gasteiger partial charge on any atom is 0.354 e. The van der Waals surface area contributed by atoms with Crippen LogP contribution in [0.5, 0.6) is 0 Å². The largest absolute Gasteiger partial charge is 0.477 e. The van der Waals surface area contributed by atoms with Crippen LogP contribution >= 0.6 is 0 Å². The lowest BCUT2D eigenvalue weighted by Gasteiger charge is -2.31. The molecule has 0 spiro atoms. The van der Waals surface area contributed by atoms with Crippen LogP contribution in [0.3, 0.4) is 0 Å². The molecule has 1 heterocycles. The van der Waals surface area contributed by atoms with Gasteiger partial charge in [0.15, 0.2) is 0 Å². The number of anilines is 1. The van der Waals surface area contributed by atoms with E-state index < -0.39 is 11.9 Å². The van der Waals surface area contributed by atoms with Crippen LogP contribution in [-0.2, 0) is 0 Å². The van der Waals surface area contributed by atoms with Crippen molar-refractivity contribution < 1.29 is 19.5 Å². The summed E-state index contributed by atoms with van der Waals surface area (Å²) in [4.78, 5) is 41.3. The Labute approximate surface area is 163 Å². The third kappa shape index (κ3) is 4.54. The number of rotatable bonds is 5. The molecule has 1 fully saturated rings. The van der Waals surface area contributed by atoms with Crippen LogP contribution < -0.4 is 5.32 Å². The molecule has 1 saturated carbocycles. The topological polar surface area (TPSA) is 99.6 Å². The average molecular weight is 381 g/mol. The highest BCUT2D eigenvalue weighted by Crippen LogP contribution is 2.23. The maximum atomic E-state index is 12.7. The predicted octanol–water partition coefficient (Wildman–Crippen LogP) is 3.44. The van der Waals surface area contributed by atoms with Gasteiger partial charge in [-0.05, 0) is 49.2 Å². The van der Waals surface area contributed by atoms with Crippen LogP contribution in [0.15, 0.2) is 42.6 Å². The Morgan fingerprint density at radius 3 is 2.21 bits per heavy atom. The van der Waals surface area contributed by atoms with Crippen LogP contribution in [0.1, 0.15) is 63.3 Å². The Morgan fingerprint density at radius 2 is 1.64 bits per heavy atom. The second-order valence-corrected chi connectivity index (χ2v) is 6.98. The summed E-state index contributed by atoms with van der Waals surface area (Å²) in [6, 6.07) is 9.73. The number of pyridine rings is 1. The summed E-state index contributed by atoms with van der Waals surface area (Å²) in [7, 11) is 1.85. The molecule has 2 aromatic rings. The van der Waals surface area contributed by atoms with Gasteiger partial charge >= 0.3 is 5.97 Å². The molecule has 0 radical (unpaired) electrons. The van der Waals surface area contributed by atoms with E-state index in [-0.39, 0.29) is 17.2 Å². The smallest absolute Gasteiger partial charge is 0.354 e. The number of carboxylic acid groups (broad SMARTS) is 1. The minimum absolute atomic E-state index is 0.0155. The molecule has 7 nitrogen and oxygen atoms in total. The van der Waals surface area contributed by atoms with E-state index >= 15 is 0 Å². The van der Waals surface area contributed by atoms with Crippen molar-refractivity contribution in [2.45, 2.75) is 38.1 Å². The molecule has 0 atom stereocenters. The number of nitrogens with one attached hydrogen (secondary N) is 1. The standard InChI is InChI=1S/C21H23N3O4/c1-24(17-5-3-2-4-6-17)20(26)14-7-10-16(11-8-14)23-19(25)15-9-12-18(21(27)28)22-13-15/h7-13,17H,2-6H2,1H3,(H,23,25)(H,27,28). The van der Waals surface area contributed by atoms with Crippen LogP contribution in [-0.4, -0.2) is 45.9 Å². The first-order valence-electron chi connectivity index (χ1n) is 9.33. The molecule has 146 valence electrons. The Hall–Kier alpha value is -3.22. The van der Waals surface area contributed by atoms with Crippen molar-refractivity contribution in [2.75, 3.05) is 12.4 Å². The lowest BCUT2D eigenvalue weighted by atomic mass is 9.94. The molecule has 1 aliphatic rings. The zero-order chi connectivity index (χ0) is 20.1. The van der Waals surface area contributed by atoms with Gasteiger partial charge in [-0.2, -0.15) is 0 Å². The number of aromatic carboxylic acids is 1. The molecular weight excluding hydrogens is 358 g/mol. The van der Waals surface area contributed by atoms with Crippen molar-refractivity contribution in [1.29, 1.82) is 0 Å². The number of amides is 2. The lowest BCUT2D eigenvalue weighted by molar-refractivity contribution is 0.0684. The minimum Gasteiger partial charge on any atom is -0.477 e. The zero-order valence-electron chi connectivity index (χ0n) is 15.7. The molecule has 28 heavy (non-hydrogen) atoms. The predicted molar refractivity (Wildman–Crippen MR) is 105 cm³/mol. The molecule has 1 aliphatic carbocycles. The number of carbonyl (C=O) groups is 3. The molecule has 0 unspecified atom stereocenters. The third-order valence-electron chi connectivity index (χ3n) is 5.08. The van der Waals surface area contributed by atoms with Gasteiger partial charge in [0.05, 0.1) is 5.56 Å². The Bertz CT molecular complexity index is 856. The van der Waals surface area contributed by atoms with E-state index in [9.17, 15) is 14.4 Å². The molecule has 1 aromatic heterocycles. The molecular formula is C21H23N3O4. The van der Waals surface area contributed by atoms with Crippen molar-refractivity contribution in [3.63, 3.8) is 0 Å². The second-order valence-electron chi connectivity index (χ2n) is 6.98. The molecule has 0 aliphatic heterocycles. The van der Waals surface area contributed by atoms with Crippen molar-refractivity contribution >= 4 is 23.5 Å². The van der Waals surface area contributed by atoms with E-state index in [0.29, 0.717) is 17.3 Å². The van der Waals surface area contributed by atoms with Gasteiger partial charge in [0, 0.05) is 30.5 Å². The zero-order valence-corrected chi connectivity index (χ0v) is 15.7. The van der Waals surface area contributed by atoms with Crippen LogP contribution in [0.4, 0.5) is 5.69 Å². The molecule has 7 heteroatoms. The minimum atomic E-state index is -1.15. The fraction of sp³-hybridized carbons (Fsp3) is 0.333. The van der Waals surface area contributed by atoms with Crippen LogP contribution in [0, 0.1) is 0 Å². The molecule has 0 saturated heterocycles. The SMILES string of the molecule is CN(C(=O)c1ccc(NC(=O)c2ccc(C(=O)O)nc2)cc1)C1CCCCC1. The van der Waals surface area contributed by atoms with Gasteiger partial charge in [-0.1, -0.05) is 19.3 Å². The first-order valence-corrected chi connectivity index (χ1v) is 9.33. The second kappa shape index (κ2) is 8.65. The van der Waals surface area contributed by atoms with Gasteiger partial charge in [-0.15, -0.1) is 0 Å². The van der Waals surface area contributed by atoms with E-state index in [1.165, 1.54) is 24.8 Å². The number of carbonyl (C=O) groups excluding carboxylic acids is 2. The highest BCUT2D eigenvalue weighted by atomic mass is 16.4. The Balaban J connectivity index is 1.62. The Morgan fingerprint density at radius 1 is 1.00 bits per heavy atom. The van der Waals surface area contributed by atoms with Gasteiger partial charge in [-0.25, -0.2) is 9.78 Å². The van der Waals surface area contributed by atoms with Crippen molar-refractivity contribution in [2.24, 2.45) is 0 Å². The summed E-state index contributed by atoms with van der Waals surface area (Å²) >= 11 is 0. The van der Waals surface area contributed by atoms with Crippen LogP contribution in [0.25, 0.3) is 0 Å². The first kappa shape index (κ1) is 19.5. The van der Waals surface area contributed by atoms with E-state index in [1.54, 1.807) is 24.3 Å². The van der Waals surface area contributed by atoms with Crippen molar-refractivity contribution in [3.8, 4) is 0 Å². The summed E-state index contributed by atoms with van der Waals surface area (Å²) < 4.78 is 0. The van der Waals surface area contributed by atoms with Crippen molar-refractivity contribution in [3.05, 3.63) is 59.4 Å². The number of aromatic nitrogens is 1. The van der Waals surface area contributed by atoms with Gasteiger partial charge in [-0.3, -0.25) is 9.59 Å². The summed E-state index contributed by atoms with van der Waals surface area (Å²) in [5, 5.41) is 11.6. The summed E-state index contributed by atoms with van der Waals surface area (Å²) in [6.07, 6.45) is 6.87. The summed E-state index contributed by atoms with van der Waals surface area (Å²) in [5.74, 6) is -1.56. The van der Waals surface area contributed by atoms with Gasteiger partial charge in [0.2, 0.25) is 0 Å². The fourth-order valence-electron chi connectivity index (χ4n) is 3.39. The number of benzene rings is 1. The molecule has 2 N–H and O–H groups in total. The quantitative estimate of drug-likeness (QED) is 0.826. The third-order valence-corrected chi connectivity index (χ3v) is 5.08. The Kier molecular flexibility index (Phi) is 6.03. The number of hydrogen-bond donors (Lipinski definition) is 2. The van der Waals surface area contributed by atoms with Crippen molar-refractivity contribution in [1.82, 2.24) is 9.88 Å². The normalized spacial score (nSPS) is 14.3. The maximum absolute atomic E-state index is 12.7. The highest BCUT2D eigenvalue weighted by Gasteiger charge is 2.23. The number of nitrogens with zero attached hydrogens (tertiary/aromatic N) is 2. The van der Waals surface area contributed by atoms with E-state index in [1.807, 2.05) is 11.9 Å². The van der Waals surface area contributed by atoms with E-state index in [0.717, 1.165) is 25.7 Å². The lowest BCUT2D eigenvalue weighted by Crippen LogP contribution is -2.38. The molecule has 1 aromatic carbocycles. The fourth-order valence-corrected chi connectivity index (χ4v) is 3.39. The highest BCUT2D eigenvalue weighted by molar-refractivity contribution is 6.04. The van der Waals surface area contributed by atoms with Gasteiger partial charge in [0.1, 0.15) is 5.69 Å². The van der Waals surface area contributed by atoms with Gasteiger partial charge < -0.3 is 15.3 Å². The van der Waals surface area contributed by atoms with E-state index in [2.05, 4.69) is 10.3 Å². The van der Waals surface area contributed by atoms with Gasteiger partial charge in [0.25, 0.3) is 11.8 Å². The molecule has 0 bridgehead atoms. The number of carboxylic acids is 1. The summed E-state index contributed by atoms with van der Waals surface area (Å²) in [5.41, 5.74) is 1.26.